The summed E-state index contributed by atoms with van der Waals surface area (Å²) in [6.07, 6.45) is 3.66. The number of sulfonamides is 1. The summed E-state index contributed by atoms with van der Waals surface area (Å²) in [5.41, 5.74) is 5.40. The summed E-state index contributed by atoms with van der Waals surface area (Å²) in [7, 11) is -2.31. The van der Waals surface area contributed by atoms with Crippen molar-refractivity contribution < 1.29 is 13.2 Å². The van der Waals surface area contributed by atoms with Gasteiger partial charge < -0.3 is 0 Å². The van der Waals surface area contributed by atoms with Crippen LogP contribution in [-0.2, 0) is 14.8 Å². The van der Waals surface area contributed by atoms with Gasteiger partial charge in [0, 0.05) is 7.05 Å². The molecule has 0 heterocycles. The molecule has 1 aromatic rings. The molecule has 0 radical (unpaired) electrons. The predicted octanol–water partition coefficient (Wildman–Crippen LogP) is 1.83. The molecule has 1 aliphatic rings. The van der Waals surface area contributed by atoms with Crippen LogP contribution in [0.15, 0.2) is 45.9 Å². The minimum Gasteiger partial charge on any atom is -0.272 e. The first-order chi connectivity index (χ1) is 10.8. The van der Waals surface area contributed by atoms with Crippen molar-refractivity contribution in [2.45, 2.75) is 31.6 Å². The number of carbonyl (C=O) groups excluding carboxylic acids is 1. The Morgan fingerprint density at radius 3 is 2.43 bits per heavy atom. The molecule has 0 unspecified atom stereocenters. The number of benzene rings is 1. The quantitative estimate of drug-likeness (QED) is 0.834. The summed E-state index contributed by atoms with van der Waals surface area (Å²) >= 11 is 0. The predicted molar refractivity (Wildman–Crippen MR) is 89.6 cm³/mol. The van der Waals surface area contributed by atoms with E-state index in [0.29, 0.717) is 0 Å². The third-order valence-electron chi connectivity index (χ3n) is 3.61. The van der Waals surface area contributed by atoms with Gasteiger partial charge in [-0.15, -0.1) is 0 Å². The van der Waals surface area contributed by atoms with Crippen LogP contribution in [0.2, 0.25) is 0 Å². The number of hydrogen-bond donors (Lipinski definition) is 1. The topological polar surface area (TPSA) is 78.8 Å². The third-order valence-corrected chi connectivity index (χ3v) is 5.43. The van der Waals surface area contributed by atoms with Gasteiger partial charge in [-0.05, 0) is 44.9 Å². The minimum atomic E-state index is -3.68. The highest BCUT2D eigenvalue weighted by Crippen LogP contribution is 2.15. The Labute approximate surface area is 136 Å². The molecule has 0 aliphatic heterocycles. The Kier molecular flexibility index (Phi) is 5.33. The Balaban J connectivity index is 1.99. The van der Waals surface area contributed by atoms with Gasteiger partial charge in [-0.1, -0.05) is 23.3 Å². The molecule has 0 aromatic heterocycles. The molecule has 0 saturated heterocycles. The fraction of sp³-hybridized carbons (Fsp3) is 0.375. The van der Waals surface area contributed by atoms with Crippen molar-refractivity contribution in [1.82, 2.24) is 9.73 Å². The molecule has 1 N–H and O–H groups in total. The number of nitrogens with zero attached hydrogens (tertiary/aromatic N) is 2. The summed E-state index contributed by atoms with van der Waals surface area (Å²) in [5, 5.41) is 4.01. The molecular formula is C16H21N3O3S. The van der Waals surface area contributed by atoms with Crippen molar-refractivity contribution in [3.8, 4) is 0 Å². The van der Waals surface area contributed by atoms with Crippen molar-refractivity contribution in [3.05, 3.63) is 41.5 Å². The Morgan fingerprint density at radius 1 is 1.22 bits per heavy atom. The second-order valence-corrected chi connectivity index (χ2v) is 7.75. The lowest BCUT2D eigenvalue weighted by molar-refractivity contribution is -0.121. The van der Waals surface area contributed by atoms with E-state index in [1.165, 1.54) is 24.8 Å². The average Bonchev–Trinajstić information content (AvgIpc) is 2.91. The zero-order valence-corrected chi connectivity index (χ0v) is 14.4. The molecule has 6 nitrogen and oxygen atoms in total. The van der Waals surface area contributed by atoms with Gasteiger partial charge in [-0.2, -0.15) is 9.41 Å². The molecule has 1 amide bonds. The molecule has 1 aromatic carbocycles. The molecule has 1 aliphatic carbocycles. The molecule has 0 spiro atoms. The van der Waals surface area contributed by atoms with Crippen molar-refractivity contribution >= 4 is 21.6 Å². The summed E-state index contributed by atoms with van der Waals surface area (Å²) in [5.74, 6) is -0.464. The van der Waals surface area contributed by atoms with Crippen molar-refractivity contribution in [3.63, 3.8) is 0 Å². The number of nitrogens with one attached hydrogen (secondary N) is 1. The van der Waals surface area contributed by atoms with E-state index in [1.807, 2.05) is 19.9 Å². The van der Waals surface area contributed by atoms with Gasteiger partial charge in [0.2, 0.25) is 10.0 Å². The van der Waals surface area contributed by atoms with Crippen LogP contribution in [-0.4, -0.2) is 37.9 Å². The maximum atomic E-state index is 12.4. The fourth-order valence-corrected chi connectivity index (χ4v) is 3.32. The van der Waals surface area contributed by atoms with E-state index >= 15 is 0 Å². The molecule has 124 valence electrons. The Hall–Kier alpha value is -1.99. The highest BCUT2D eigenvalue weighted by Gasteiger charge is 2.22. The van der Waals surface area contributed by atoms with E-state index in [4.69, 9.17) is 0 Å². The van der Waals surface area contributed by atoms with Gasteiger partial charge in [-0.3, -0.25) is 4.79 Å². The van der Waals surface area contributed by atoms with E-state index in [1.54, 1.807) is 12.1 Å². The second-order valence-electron chi connectivity index (χ2n) is 5.70. The molecule has 0 saturated carbocycles. The number of aryl methyl sites for hydroxylation is 1. The Morgan fingerprint density at radius 2 is 1.87 bits per heavy atom. The van der Waals surface area contributed by atoms with Gasteiger partial charge in [0.05, 0.1) is 17.2 Å². The summed E-state index contributed by atoms with van der Waals surface area (Å²) in [6.45, 7) is 3.61. The molecule has 23 heavy (non-hydrogen) atoms. The van der Waals surface area contributed by atoms with Crippen LogP contribution >= 0.6 is 0 Å². The first kappa shape index (κ1) is 17.4. The van der Waals surface area contributed by atoms with Crippen molar-refractivity contribution in [2.75, 3.05) is 13.6 Å². The van der Waals surface area contributed by atoms with Crippen LogP contribution in [0, 0.1) is 6.92 Å². The van der Waals surface area contributed by atoms with Gasteiger partial charge in [-0.25, -0.2) is 13.8 Å². The lowest BCUT2D eigenvalue weighted by Gasteiger charge is -2.16. The first-order valence-electron chi connectivity index (χ1n) is 7.34. The standard InChI is InChI=1S/C16H21N3O3S/c1-12-5-8-15(9-6-12)23(21,22)19(3)11-16(20)18-17-14-7-4-13(2)10-14/h5-6,8-10H,4,7,11H2,1-3H3,(H,18,20). The maximum absolute atomic E-state index is 12.4. The van der Waals surface area contributed by atoms with Crippen molar-refractivity contribution in [1.29, 1.82) is 0 Å². The fourth-order valence-electron chi connectivity index (χ4n) is 2.19. The monoisotopic (exact) mass is 335 g/mol. The maximum Gasteiger partial charge on any atom is 0.255 e. The second kappa shape index (κ2) is 7.06. The van der Waals surface area contributed by atoms with E-state index in [2.05, 4.69) is 10.5 Å². The Bertz CT molecular complexity index is 749. The van der Waals surface area contributed by atoms with Gasteiger partial charge >= 0.3 is 0 Å². The highest BCUT2D eigenvalue weighted by atomic mass is 32.2. The van der Waals surface area contributed by atoms with E-state index in [9.17, 15) is 13.2 Å². The molecular weight excluding hydrogens is 314 g/mol. The van der Waals surface area contributed by atoms with Gasteiger partial charge in [0.1, 0.15) is 0 Å². The van der Waals surface area contributed by atoms with Crippen LogP contribution in [0.25, 0.3) is 0 Å². The number of likely N-dealkylation sites (N-methyl/N-ethyl adjacent to an activating group) is 1. The lowest BCUT2D eigenvalue weighted by Crippen LogP contribution is -2.36. The average molecular weight is 335 g/mol. The number of carbonyl (C=O) groups is 1. The number of allylic oxidation sites excluding steroid dienone is 2. The smallest absolute Gasteiger partial charge is 0.255 e. The normalized spacial score (nSPS) is 16.7. The largest absolute Gasteiger partial charge is 0.272 e. The molecule has 2 rings (SSSR count). The highest BCUT2D eigenvalue weighted by molar-refractivity contribution is 7.89. The van der Waals surface area contributed by atoms with Crippen LogP contribution in [0.3, 0.4) is 0 Å². The van der Waals surface area contributed by atoms with E-state index in [0.717, 1.165) is 28.4 Å². The minimum absolute atomic E-state index is 0.166. The van der Waals surface area contributed by atoms with E-state index in [-0.39, 0.29) is 11.4 Å². The van der Waals surface area contributed by atoms with Crippen LogP contribution in [0.4, 0.5) is 0 Å². The van der Waals surface area contributed by atoms with Crippen LogP contribution in [0.5, 0.6) is 0 Å². The van der Waals surface area contributed by atoms with Gasteiger partial charge in [0.15, 0.2) is 0 Å². The van der Waals surface area contributed by atoms with Crippen LogP contribution < -0.4 is 5.43 Å². The number of amides is 1. The summed E-state index contributed by atoms with van der Waals surface area (Å²) < 4.78 is 25.8. The zero-order valence-electron chi connectivity index (χ0n) is 13.5. The summed E-state index contributed by atoms with van der Waals surface area (Å²) in [6, 6.07) is 6.51. The van der Waals surface area contributed by atoms with Crippen molar-refractivity contribution in [2.24, 2.45) is 5.10 Å². The number of hydrogen-bond acceptors (Lipinski definition) is 4. The first-order valence-corrected chi connectivity index (χ1v) is 8.78. The molecule has 0 fully saturated rings. The number of rotatable bonds is 5. The summed E-state index contributed by atoms with van der Waals surface area (Å²) in [4.78, 5) is 12.0. The number of hydrazone groups is 1. The van der Waals surface area contributed by atoms with E-state index < -0.39 is 15.9 Å². The molecule has 0 atom stereocenters. The zero-order chi connectivity index (χ0) is 17.0. The third kappa shape index (κ3) is 4.49. The van der Waals surface area contributed by atoms with Gasteiger partial charge in [0.25, 0.3) is 5.91 Å². The molecule has 7 heteroatoms. The lowest BCUT2D eigenvalue weighted by atomic mass is 10.2. The molecule has 0 bridgehead atoms. The SMILES string of the molecule is CC1=CC(=NNC(=O)CN(C)S(=O)(=O)c2ccc(C)cc2)CC1. The van der Waals surface area contributed by atoms with Crippen LogP contribution in [0.1, 0.15) is 25.3 Å².